The smallest absolute Gasteiger partial charge is 0.319 e. The molecule has 0 rings (SSSR count). The van der Waals surface area contributed by atoms with Crippen molar-refractivity contribution in [1.82, 2.24) is 0 Å². The van der Waals surface area contributed by atoms with Gasteiger partial charge in [-0.3, -0.25) is 4.79 Å². The maximum absolute atomic E-state index is 10.3. The third kappa shape index (κ3) is 3.23. The summed E-state index contributed by atoms with van der Waals surface area (Å²) in [6.07, 6.45) is 7.65. The van der Waals surface area contributed by atoms with Crippen molar-refractivity contribution in [3.05, 3.63) is 0 Å². The van der Waals surface area contributed by atoms with Crippen molar-refractivity contribution in [3.8, 4) is 12.5 Å². The van der Waals surface area contributed by atoms with E-state index in [9.17, 15) is 4.79 Å². The number of terminal acetylenes is 1. The molecule has 8 heavy (non-hydrogen) atoms. The molecule has 0 aliphatic rings. The summed E-state index contributed by atoms with van der Waals surface area (Å²) < 4.78 is 4.17. The molecule has 0 bridgehead atoms. The van der Waals surface area contributed by atoms with Crippen LogP contribution in [0.15, 0.2) is 0 Å². The van der Waals surface area contributed by atoms with Crippen molar-refractivity contribution >= 4 is 5.97 Å². The zero-order valence-electron chi connectivity index (χ0n) is 4.81. The molecule has 0 aromatic carbocycles. The molecule has 44 valence electrons. The Bertz CT molecular complexity index is 110. The maximum atomic E-state index is 10.3. The molecule has 0 spiro atoms. The van der Waals surface area contributed by atoms with Crippen molar-refractivity contribution in [2.45, 2.75) is 19.8 Å². The summed E-state index contributed by atoms with van der Waals surface area (Å²) in [5.41, 5.74) is 0. The first-order chi connectivity index (χ1) is 3.81. The fourth-order valence-corrected chi connectivity index (χ4v) is 0.321. The molecular weight excluding hydrogens is 104 g/mol. The van der Waals surface area contributed by atoms with Gasteiger partial charge in [0.2, 0.25) is 0 Å². The average molecular weight is 112 g/mol. The quantitative estimate of drug-likeness (QED) is 0.392. The third-order valence-electron chi connectivity index (χ3n) is 0.627. The van der Waals surface area contributed by atoms with E-state index in [1.54, 1.807) is 6.11 Å². The van der Waals surface area contributed by atoms with Gasteiger partial charge in [-0.2, -0.15) is 0 Å². The molecule has 0 N–H and O–H groups in total. The van der Waals surface area contributed by atoms with Crippen LogP contribution in [-0.4, -0.2) is 5.97 Å². The van der Waals surface area contributed by atoms with Gasteiger partial charge in [-0.1, -0.05) is 13.3 Å². The summed E-state index contributed by atoms with van der Waals surface area (Å²) in [6.45, 7) is 1.89. The second kappa shape index (κ2) is 4.20. The first kappa shape index (κ1) is 7.03. The molecule has 0 aliphatic heterocycles. The Morgan fingerprint density at radius 3 is 2.88 bits per heavy atom. The second-order valence-corrected chi connectivity index (χ2v) is 1.34. The van der Waals surface area contributed by atoms with Crippen LogP contribution >= 0.6 is 0 Å². The number of esters is 1. The zero-order chi connectivity index (χ0) is 6.41. The Labute approximate surface area is 48.8 Å². The Balaban J connectivity index is 3.23. The average Bonchev–Trinajstić information content (AvgIpc) is 1.68. The summed E-state index contributed by atoms with van der Waals surface area (Å²) >= 11 is 0. The van der Waals surface area contributed by atoms with Gasteiger partial charge in [-0.25, -0.2) is 0 Å². The lowest BCUT2D eigenvalue weighted by molar-refractivity contribution is -0.136. The van der Waals surface area contributed by atoms with E-state index in [0.717, 1.165) is 6.42 Å². The van der Waals surface area contributed by atoms with Crippen molar-refractivity contribution < 1.29 is 9.53 Å². The third-order valence-corrected chi connectivity index (χ3v) is 0.627. The highest BCUT2D eigenvalue weighted by molar-refractivity contribution is 5.70. The van der Waals surface area contributed by atoms with E-state index in [1.165, 1.54) is 0 Å². The molecule has 2 heteroatoms. The van der Waals surface area contributed by atoms with Crippen LogP contribution in [0.25, 0.3) is 0 Å². The molecule has 0 saturated heterocycles. The Kier molecular flexibility index (Phi) is 3.69. The number of ether oxygens (including phenoxy) is 1. The van der Waals surface area contributed by atoms with E-state index in [2.05, 4.69) is 11.2 Å². The standard InChI is InChI=1S/C6H8O2/c1-3-5-6(7)8-4-2/h2H,3,5H2,1H3. The van der Waals surface area contributed by atoms with Crippen LogP contribution < -0.4 is 0 Å². The van der Waals surface area contributed by atoms with Gasteiger partial charge in [0.1, 0.15) is 6.11 Å². The second-order valence-electron chi connectivity index (χ2n) is 1.34. The molecule has 0 fully saturated rings. The lowest BCUT2D eigenvalue weighted by atomic mass is 10.3. The highest BCUT2D eigenvalue weighted by Crippen LogP contribution is 1.88. The number of carbonyl (C=O) groups excluding carboxylic acids is 1. The lowest BCUT2D eigenvalue weighted by Gasteiger charge is -1.89. The van der Waals surface area contributed by atoms with Gasteiger partial charge in [0, 0.05) is 6.42 Å². The summed E-state index contributed by atoms with van der Waals surface area (Å²) in [6, 6.07) is 0. The van der Waals surface area contributed by atoms with Gasteiger partial charge in [0.25, 0.3) is 0 Å². The minimum Gasteiger partial charge on any atom is -0.372 e. The highest BCUT2D eigenvalue weighted by atomic mass is 16.5. The first-order valence-corrected chi connectivity index (χ1v) is 2.46. The van der Waals surface area contributed by atoms with E-state index in [0.29, 0.717) is 6.42 Å². The van der Waals surface area contributed by atoms with E-state index in [1.807, 2.05) is 6.92 Å². The van der Waals surface area contributed by atoms with Gasteiger partial charge >= 0.3 is 5.97 Å². The molecule has 0 unspecified atom stereocenters. The number of rotatable bonds is 2. The summed E-state index contributed by atoms with van der Waals surface area (Å²) in [7, 11) is 0. The van der Waals surface area contributed by atoms with E-state index in [4.69, 9.17) is 0 Å². The van der Waals surface area contributed by atoms with E-state index >= 15 is 0 Å². The molecule has 2 nitrogen and oxygen atoms in total. The predicted octanol–water partition coefficient (Wildman–Crippen LogP) is 0.920. The number of hydrogen-bond donors (Lipinski definition) is 0. The van der Waals surface area contributed by atoms with E-state index < -0.39 is 0 Å². The topological polar surface area (TPSA) is 26.3 Å². The minimum atomic E-state index is -0.324. The Morgan fingerprint density at radius 2 is 2.50 bits per heavy atom. The van der Waals surface area contributed by atoms with Crippen molar-refractivity contribution in [2.24, 2.45) is 0 Å². The molecule has 0 amide bonds. The van der Waals surface area contributed by atoms with Crippen LogP contribution in [0.5, 0.6) is 0 Å². The maximum Gasteiger partial charge on any atom is 0.319 e. The van der Waals surface area contributed by atoms with Gasteiger partial charge in [0.05, 0.1) is 0 Å². The van der Waals surface area contributed by atoms with Crippen LogP contribution in [0.2, 0.25) is 0 Å². The molecule has 0 radical (unpaired) electrons. The summed E-state index contributed by atoms with van der Waals surface area (Å²) in [5.74, 6) is -0.324. The predicted molar refractivity (Wildman–Crippen MR) is 29.8 cm³/mol. The fourth-order valence-electron chi connectivity index (χ4n) is 0.321. The largest absolute Gasteiger partial charge is 0.372 e. The number of carbonyl (C=O) groups is 1. The van der Waals surface area contributed by atoms with Crippen LogP contribution in [0, 0.1) is 12.5 Å². The normalized spacial score (nSPS) is 7.50. The molecule has 0 aromatic heterocycles. The Morgan fingerprint density at radius 1 is 1.88 bits per heavy atom. The molecule has 0 aliphatic carbocycles. The molecular formula is C6H8O2. The van der Waals surface area contributed by atoms with Crippen LogP contribution in [0.1, 0.15) is 19.8 Å². The number of hydrogen-bond acceptors (Lipinski definition) is 2. The Hall–Kier alpha value is -0.970. The van der Waals surface area contributed by atoms with Gasteiger partial charge in [0.15, 0.2) is 0 Å². The summed E-state index contributed by atoms with van der Waals surface area (Å²) in [4.78, 5) is 10.3. The molecule has 0 atom stereocenters. The van der Waals surface area contributed by atoms with E-state index in [-0.39, 0.29) is 5.97 Å². The SMILES string of the molecule is C#COC(=O)CCC. The molecule has 0 aromatic rings. The van der Waals surface area contributed by atoms with Crippen LogP contribution in [0.3, 0.4) is 0 Å². The molecule has 0 heterocycles. The monoisotopic (exact) mass is 112 g/mol. The summed E-state index contributed by atoms with van der Waals surface area (Å²) in [5, 5.41) is 0. The highest BCUT2D eigenvalue weighted by Gasteiger charge is 1.95. The minimum absolute atomic E-state index is 0.324. The molecule has 0 saturated carbocycles. The van der Waals surface area contributed by atoms with Gasteiger partial charge in [-0.05, 0) is 6.42 Å². The lowest BCUT2D eigenvalue weighted by Crippen LogP contribution is -1.97. The zero-order valence-corrected chi connectivity index (χ0v) is 4.81. The van der Waals surface area contributed by atoms with Gasteiger partial charge < -0.3 is 4.74 Å². The van der Waals surface area contributed by atoms with Gasteiger partial charge in [-0.15, -0.1) is 0 Å². The van der Waals surface area contributed by atoms with Crippen molar-refractivity contribution in [3.63, 3.8) is 0 Å². The van der Waals surface area contributed by atoms with Crippen molar-refractivity contribution in [1.29, 1.82) is 0 Å². The van der Waals surface area contributed by atoms with Crippen LogP contribution in [0.4, 0.5) is 0 Å². The van der Waals surface area contributed by atoms with Crippen molar-refractivity contribution in [2.75, 3.05) is 0 Å². The fraction of sp³-hybridized carbons (Fsp3) is 0.500. The van der Waals surface area contributed by atoms with Crippen LogP contribution in [-0.2, 0) is 9.53 Å². The first-order valence-electron chi connectivity index (χ1n) is 2.46.